The van der Waals surface area contributed by atoms with Crippen molar-refractivity contribution in [2.75, 3.05) is 14.2 Å². The molecule has 1 aliphatic rings. The highest BCUT2D eigenvalue weighted by molar-refractivity contribution is 6.15. The van der Waals surface area contributed by atoms with E-state index in [1.807, 2.05) is 0 Å². The molecular weight excluding hydrogens is 464 g/mol. The number of allylic oxidation sites excluding steroid dienone is 1. The Bertz CT molecular complexity index is 1560. The molecule has 0 amide bonds. The zero-order valence-corrected chi connectivity index (χ0v) is 19.6. The molecule has 0 atom stereocenters. The Kier molecular flexibility index (Phi) is 5.77. The van der Waals surface area contributed by atoms with Gasteiger partial charge in [0, 0.05) is 10.9 Å². The minimum atomic E-state index is -0.693. The topological polar surface area (TPSA) is 101 Å². The maximum Gasteiger partial charge on any atom is 0.379 e. The van der Waals surface area contributed by atoms with E-state index in [0.717, 1.165) is 0 Å². The Hall–Kier alpha value is -4.85. The smallest absolute Gasteiger partial charge is 0.379 e. The molecular formula is C28H20O8. The standard InChI is InChI=1S/C28H20O8/c1-15-20(36-28(31)23-14-18-5-4-6-21(32-2)26(18)35-23)12-11-19-24(29)22(34-25(15)19)13-16-7-9-17(10-8-16)27(30)33-3/h4-14H,1-3H3/b22-13-. The van der Waals surface area contributed by atoms with Gasteiger partial charge in [-0.15, -0.1) is 0 Å². The summed E-state index contributed by atoms with van der Waals surface area (Å²) in [5.41, 5.74) is 2.36. The molecule has 0 saturated carbocycles. The highest BCUT2D eigenvalue weighted by Crippen LogP contribution is 2.39. The van der Waals surface area contributed by atoms with Crippen molar-refractivity contribution in [3.05, 3.63) is 94.4 Å². The fourth-order valence-electron chi connectivity index (χ4n) is 3.91. The molecule has 1 aliphatic heterocycles. The average molecular weight is 484 g/mol. The van der Waals surface area contributed by atoms with E-state index in [0.29, 0.717) is 44.7 Å². The maximum absolute atomic E-state index is 12.9. The Morgan fingerprint density at radius 2 is 1.69 bits per heavy atom. The molecule has 0 saturated heterocycles. The van der Waals surface area contributed by atoms with Gasteiger partial charge in [0.2, 0.25) is 11.5 Å². The van der Waals surface area contributed by atoms with Gasteiger partial charge in [-0.05, 0) is 55.0 Å². The van der Waals surface area contributed by atoms with E-state index in [4.69, 9.17) is 23.4 Å². The van der Waals surface area contributed by atoms with Crippen molar-refractivity contribution in [1.82, 2.24) is 0 Å². The summed E-state index contributed by atoms with van der Waals surface area (Å²) in [6, 6.07) is 16.6. The van der Waals surface area contributed by atoms with E-state index >= 15 is 0 Å². The van der Waals surface area contributed by atoms with E-state index < -0.39 is 11.9 Å². The summed E-state index contributed by atoms with van der Waals surface area (Å²) < 4.78 is 27.0. The van der Waals surface area contributed by atoms with Gasteiger partial charge in [0.05, 0.1) is 25.3 Å². The van der Waals surface area contributed by atoms with Crippen LogP contribution >= 0.6 is 0 Å². The van der Waals surface area contributed by atoms with Crippen LogP contribution in [-0.4, -0.2) is 31.9 Å². The second-order valence-electron chi connectivity index (χ2n) is 8.00. The Balaban J connectivity index is 1.38. The minimum absolute atomic E-state index is 0.0161. The molecule has 0 radical (unpaired) electrons. The number of esters is 2. The van der Waals surface area contributed by atoms with Crippen LogP contribution in [0.5, 0.6) is 17.2 Å². The fourth-order valence-corrected chi connectivity index (χ4v) is 3.91. The largest absolute Gasteiger partial charge is 0.493 e. The third-order valence-corrected chi connectivity index (χ3v) is 5.80. The molecule has 2 heterocycles. The molecule has 0 fully saturated rings. The van der Waals surface area contributed by atoms with E-state index in [1.54, 1.807) is 73.7 Å². The number of carbonyl (C=O) groups is 3. The molecule has 0 N–H and O–H groups in total. The van der Waals surface area contributed by atoms with Crippen molar-refractivity contribution in [2.45, 2.75) is 6.92 Å². The number of Topliss-reactive ketones (excluding diaryl/α,β-unsaturated/α-hetero) is 1. The van der Waals surface area contributed by atoms with Gasteiger partial charge in [-0.3, -0.25) is 4.79 Å². The Labute approximate surface area is 205 Å². The summed E-state index contributed by atoms with van der Waals surface area (Å²) in [6.45, 7) is 1.70. The number of methoxy groups -OCH3 is 2. The normalized spacial score (nSPS) is 13.4. The molecule has 5 rings (SSSR count). The van der Waals surface area contributed by atoms with Crippen molar-refractivity contribution in [3.63, 3.8) is 0 Å². The molecule has 180 valence electrons. The molecule has 0 spiro atoms. The highest BCUT2D eigenvalue weighted by Gasteiger charge is 2.31. The van der Waals surface area contributed by atoms with Crippen LogP contribution in [0, 0.1) is 6.92 Å². The lowest BCUT2D eigenvalue weighted by atomic mass is 10.1. The predicted molar refractivity (Wildman–Crippen MR) is 130 cm³/mol. The highest BCUT2D eigenvalue weighted by atomic mass is 16.6. The van der Waals surface area contributed by atoms with Crippen molar-refractivity contribution < 1.29 is 37.7 Å². The number of fused-ring (bicyclic) bond motifs is 2. The van der Waals surface area contributed by atoms with Crippen LogP contribution in [0.15, 0.2) is 70.8 Å². The van der Waals surface area contributed by atoms with Crippen LogP contribution in [0.1, 0.15) is 42.4 Å². The van der Waals surface area contributed by atoms with Gasteiger partial charge in [0.1, 0.15) is 11.5 Å². The lowest BCUT2D eigenvalue weighted by Gasteiger charge is -2.09. The quantitative estimate of drug-likeness (QED) is 0.212. The first-order chi connectivity index (χ1) is 17.4. The predicted octanol–water partition coefficient (Wildman–Crippen LogP) is 5.37. The van der Waals surface area contributed by atoms with Crippen LogP contribution < -0.4 is 14.2 Å². The third kappa shape index (κ3) is 3.98. The van der Waals surface area contributed by atoms with Crippen LogP contribution in [0.2, 0.25) is 0 Å². The lowest BCUT2D eigenvalue weighted by molar-refractivity contribution is 0.0600. The average Bonchev–Trinajstić information content (AvgIpc) is 3.47. The summed E-state index contributed by atoms with van der Waals surface area (Å²) in [6.07, 6.45) is 1.58. The van der Waals surface area contributed by atoms with Gasteiger partial charge < -0.3 is 23.4 Å². The van der Waals surface area contributed by atoms with Crippen molar-refractivity contribution in [3.8, 4) is 17.2 Å². The first-order valence-electron chi connectivity index (χ1n) is 10.9. The molecule has 0 aliphatic carbocycles. The second-order valence-corrected chi connectivity index (χ2v) is 8.00. The summed E-state index contributed by atoms with van der Waals surface area (Å²) in [7, 11) is 2.83. The number of carbonyl (C=O) groups excluding carboxylic acids is 3. The number of ether oxygens (including phenoxy) is 4. The van der Waals surface area contributed by atoms with Gasteiger partial charge in [-0.2, -0.15) is 0 Å². The van der Waals surface area contributed by atoms with Crippen LogP contribution in [0.3, 0.4) is 0 Å². The minimum Gasteiger partial charge on any atom is -0.493 e. The summed E-state index contributed by atoms with van der Waals surface area (Å²) in [5.74, 6) is -0.249. The van der Waals surface area contributed by atoms with E-state index in [9.17, 15) is 14.4 Å². The maximum atomic E-state index is 12.9. The van der Waals surface area contributed by atoms with Crippen molar-refractivity contribution >= 4 is 34.8 Å². The molecule has 1 aromatic heterocycles. The van der Waals surface area contributed by atoms with E-state index in [-0.39, 0.29) is 23.1 Å². The number of hydrogen-bond donors (Lipinski definition) is 0. The molecule has 0 unspecified atom stereocenters. The number of rotatable bonds is 5. The van der Waals surface area contributed by atoms with Crippen molar-refractivity contribution in [2.24, 2.45) is 0 Å². The first-order valence-corrected chi connectivity index (χ1v) is 10.9. The van der Waals surface area contributed by atoms with E-state index in [2.05, 4.69) is 0 Å². The molecule has 36 heavy (non-hydrogen) atoms. The molecule has 3 aromatic carbocycles. The molecule has 4 aromatic rings. The Morgan fingerprint density at radius 1 is 0.917 bits per heavy atom. The number of furan rings is 1. The fraction of sp³-hybridized carbons (Fsp3) is 0.107. The second kappa shape index (κ2) is 9.07. The number of para-hydroxylation sites is 1. The summed E-state index contributed by atoms with van der Waals surface area (Å²) >= 11 is 0. The zero-order valence-electron chi connectivity index (χ0n) is 19.6. The van der Waals surface area contributed by atoms with Crippen molar-refractivity contribution in [1.29, 1.82) is 0 Å². The van der Waals surface area contributed by atoms with Gasteiger partial charge >= 0.3 is 11.9 Å². The van der Waals surface area contributed by atoms with E-state index in [1.165, 1.54) is 14.2 Å². The number of ketones is 1. The van der Waals surface area contributed by atoms with Gasteiger partial charge in [0.15, 0.2) is 17.1 Å². The number of hydrogen-bond acceptors (Lipinski definition) is 8. The summed E-state index contributed by atoms with van der Waals surface area (Å²) in [4.78, 5) is 37.3. The lowest BCUT2D eigenvalue weighted by Crippen LogP contribution is -2.08. The molecule has 8 heteroatoms. The van der Waals surface area contributed by atoms with Gasteiger partial charge in [0.25, 0.3) is 0 Å². The zero-order chi connectivity index (χ0) is 25.4. The van der Waals surface area contributed by atoms with Gasteiger partial charge in [-0.25, -0.2) is 9.59 Å². The summed E-state index contributed by atoms with van der Waals surface area (Å²) in [5, 5.41) is 0.704. The molecule has 8 nitrogen and oxygen atoms in total. The first kappa shape index (κ1) is 22.9. The SMILES string of the molecule is COC(=O)c1ccc(/C=C2\Oc3c(ccc(OC(=O)c4cc5cccc(OC)c5o4)c3C)C2=O)cc1. The Morgan fingerprint density at radius 3 is 2.42 bits per heavy atom. The monoisotopic (exact) mass is 484 g/mol. The van der Waals surface area contributed by atoms with Gasteiger partial charge in [-0.1, -0.05) is 24.3 Å². The van der Waals surface area contributed by atoms with Crippen LogP contribution in [-0.2, 0) is 4.74 Å². The van der Waals surface area contributed by atoms with Crippen LogP contribution in [0.4, 0.5) is 0 Å². The van der Waals surface area contributed by atoms with Crippen LogP contribution in [0.25, 0.3) is 17.0 Å². The third-order valence-electron chi connectivity index (χ3n) is 5.80. The molecule has 0 bridgehead atoms. The number of benzene rings is 3.